The molecular formula is C15H19NO5. The fourth-order valence-electron chi connectivity index (χ4n) is 2.53. The standard InChI is InChI=1S/C15H19NO5/c1-20-12-7-15(8-12,9-13(17)18)16-14(19)21-10-11-5-3-2-4-6-11/h2-6,12H,7-10H2,1H3,(H,16,19)(H,17,18). The predicted octanol–water partition coefficient (Wildman–Crippen LogP) is 1.94. The Hall–Kier alpha value is -2.08. The summed E-state index contributed by atoms with van der Waals surface area (Å²) in [6, 6.07) is 9.30. The van der Waals surface area contributed by atoms with Gasteiger partial charge in [-0.25, -0.2) is 4.79 Å². The van der Waals surface area contributed by atoms with Crippen molar-refractivity contribution in [2.75, 3.05) is 7.11 Å². The van der Waals surface area contributed by atoms with Crippen molar-refractivity contribution in [3.05, 3.63) is 35.9 Å². The molecule has 1 aromatic carbocycles. The van der Waals surface area contributed by atoms with Crippen LogP contribution in [0.3, 0.4) is 0 Å². The van der Waals surface area contributed by atoms with Gasteiger partial charge in [0.25, 0.3) is 0 Å². The minimum atomic E-state index is -0.951. The van der Waals surface area contributed by atoms with Crippen LogP contribution in [0.25, 0.3) is 0 Å². The summed E-state index contributed by atoms with van der Waals surface area (Å²) in [5.41, 5.74) is 0.114. The number of alkyl carbamates (subject to hydrolysis) is 1. The normalized spacial score (nSPS) is 24.0. The largest absolute Gasteiger partial charge is 0.481 e. The van der Waals surface area contributed by atoms with Gasteiger partial charge in [-0.05, 0) is 18.4 Å². The van der Waals surface area contributed by atoms with Crippen LogP contribution < -0.4 is 5.32 Å². The van der Waals surface area contributed by atoms with Crippen LogP contribution in [0.2, 0.25) is 0 Å². The number of carboxylic acids is 1. The zero-order chi connectivity index (χ0) is 15.3. The fraction of sp³-hybridized carbons (Fsp3) is 0.467. The minimum Gasteiger partial charge on any atom is -0.481 e. The molecule has 1 saturated carbocycles. The van der Waals surface area contributed by atoms with Crippen molar-refractivity contribution in [3.63, 3.8) is 0 Å². The highest BCUT2D eigenvalue weighted by molar-refractivity contribution is 5.73. The molecule has 0 spiro atoms. The Morgan fingerprint density at radius 2 is 2.00 bits per heavy atom. The van der Waals surface area contributed by atoms with Crippen LogP contribution in [-0.2, 0) is 20.9 Å². The number of methoxy groups -OCH3 is 1. The number of hydrogen-bond donors (Lipinski definition) is 2. The average molecular weight is 293 g/mol. The van der Waals surface area contributed by atoms with Crippen molar-refractivity contribution in [2.45, 2.75) is 37.5 Å². The van der Waals surface area contributed by atoms with Crippen molar-refractivity contribution >= 4 is 12.1 Å². The first-order valence-electron chi connectivity index (χ1n) is 6.76. The second-order valence-corrected chi connectivity index (χ2v) is 5.30. The second kappa shape index (κ2) is 6.58. The van der Waals surface area contributed by atoms with E-state index in [0.717, 1.165) is 5.56 Å². The molecule has 21 heavy (non-hydrogen) atoms. The molecule has 6 nitrogen and oxygen atoms in total. The lowest BCUT2D eigenvalue weighted by atomic mass is 9.72. The Kier molecular flexibility index (Phi) is 4.80. The van der Waals surface area contributed by atoms with E-state index in [2.05, 4.69) is 5.32 Å². The SMILES string of the molecule is COC1CC(CC(=O)O)(NC(=O)OCc2ccccc2)C1. The topological polar surface area (TPSA) is 84.9 Å². The van der Waals surface area contributed by atoms with Gasteiger partial charge in [0.1, 0.15) is 6.61 Å². The highest BCUT2D eigenvalue weighted by Crippen LogP contribution is 2.37. The third-order valence-electron chi connectivity index (χ3n) is 3.64. The fourth-order valence-corrected chi connectivity index (χ4v) is 2.53. The van der Waals surface area contributed by atoms with Gasteiger partial charge in [-0.15, -0.1) is 0 Å². The molecule has 0 saturated heterocycles. The molecule has 1 aliphatic rings. The molecule has 0 radical (unpaired) electrons. The first-order valence-corrected chi connectivity index (χ1v) is 6.76. The van der Waals surface area contributed by atoms with E-state index in [9.17, 15) is 9.59 Å². The number of rotatable bonds is 6. The Morgan fingerprint density at radius 1 is 1.33 bits per heavy atom. The second-order valence-electron chi connectivity index (χ2n) is 5.30. The van der Waals surface area contributed by atoms with Gasteiger partial charge in [-0.3, -0.25) is 4.79 Å². The first-order chi connectivity index (χ1) is 10.0. The molecule has 0 heterocycles. The van der Waals surface area contributed by atoms with E-state index < -0.39 is 17.6 Å². The molecule has 0 aromatic heterocycles. The number of benzene rings is 1. The number of hydrogen-bond acceptors (Lipinski definition) is 4. The maximum atomic E-state index is 11.8. The third kappa shape index (κ3) is 4.19. The zero-order valence-electron chi connectivity index (χ0n) is 11.9. The van der Waals surface area contributed by atoms with E-state index >= 15 is 0 Å². The molecule has 1 fully saturated rings. The van der Waals surface area contributed by atoms with Crippen molar-refractivity contribution in [1.82, 2.24) is 5.32 Å². The van der Waals surface area contributed by atoms with Gasteiger partial charge in [0.05, 0.1) is 18.1 Å². The summed E-state index contributed by atoms with van der Waals surface area (Å²) in [5, 5.41) is 11.6. The Labute approximate surface area is 123 Å². The lowest BCUT2D eigenvalue weighted by Gasteiger charge is -2.46. The van der Waals surface area contributed by atoms with Crippen LogP contribution in [0.15, 0.2) is 30.3 Å². The predicted molar refractivity (Wildman–Crippen MR) is 74.8 cm³/mol. The van der Waals surface area contributed by atoms with E-state index in [1.807, 2.05) is 30.3 Å². The lowest BCUT2D eigenvalue weighted by Crippen LogP contribution is -2.60. The van der Waals surface area contributed by atoms with E-state index in [1.54, 1.807) is 7.11 Å². The minimum absolute atomic E-state index is 0.0150. The number of carboxylic acid groups (broad SMARTS) is 1. The average Bonchev–Trinajstić information content (AvgIpc) is 2.42. The number of nitrogens with one attached hydrogen (secondary N) is 1. The summed E-state index contributed by atoms with van der Waals surface area (Å²) < 4.78 is 10.3. The van der Waals surface area contributed by atoms with Crippen LogP contribution in [0, 0.1) is 0 Å². The molecule has 114 valence electrons. The highest BCUT2D eigenvalue weighted by Gasteiger charge is 2.47. The van der Waals surface area contributed by atoms with Crippen LogP contribution in [0.5, 0.6) is 0 Å². The Balaban J connectivity index is 1.85. The summed E-state index contributed by atoms with van der Waals surface area (Å²) in [6.07, 6.45) is 0.216. The molecule has 1 amide bonds. The summed E-state index contributed by atoms with van der Waals surface area (Å²) in [5.74, 6) is -0.951. The molecule has 6 heteroatoms. The Morgan fingerprint density at radius 3 is 2.57 bits per heavy atom. The summed E-state index contributed by atoms with van der Waals surface area (Å²) >= 11 is 0. The smallest absolute Gasteiger partial charge is 0.407 e. The van der Waals surface area contributed by atoms with Crippen molar-refractivity contribution in [2.24, 2.45) is 0 Å². The molecular weight excluding hydrogens is 274 g/mol. The van der Waals surface area contributed by atoms with E-state index in [1.165, 1.54) is 0 Å². The molecule has 0 aliphatic heterocycles. The molecule has 0 bridgehead atoms. The third-order valence-corrected chi connectivity index (χ3v) is 3.64. The maximum Gasteiger partial charge on any atom is 0.407 e. The molecule has 2 rings (SSSR count). The maximum absolute atomic E-state index is 11.8. The number of carbonyl (C=O) groups excluding carboxylic acids is 1. The summed E-state index contributed by atoms with van der Waals surface area (Å²) in [6.45, 7) is 0.156. The van der Waals surface area contributed by atoms with Gasteiger partial charge in [-0.2, -0.15) is 0 Å². The van der Waals surface area contributed by atoms with Gasteiger partial charge >= 0.3 is 12.1 Å². The van der Waals surface area contributed by atoms with Crippen LogP contribution in [0.1, 0.15) is 24.8 Å². The van der Waals surface area contributed by atoms with Gasteiger partial charge in [-0.1, -0.05) is 30.3 Å². The van der Waals surface area contributed by atoms with Crippen LogP contribution in [0.4, 0.5) is 4.79 Å². The monoisotopic (exact) mass is 293 g/mol. The molecule has 1 aliphatic carbocycles. The van der Waals surface area contributed by atoms with E-state index in [4.69, 9.17) is 14.6 Å². The van der Waals surface area contributed by atoms with Crippen molar-refractivity contribution in [3.8, 4) is 0 Å². The zero-order valence-corrected chi connectivity index (χ0v) is 11.9. The van der Waals surface area contributed by atoms with Gasteiger partial charge in [0.2, 0.25) is 0 Å². The van der Waals surface area contributed by atoms with Gasteiger partial charge < -0.3 is 19.9 Å². The van der Waals surface area contributed by atoms with Crippen molar-refractivity contribution < 1.29 is 24.2 Å². The molecule has 2 N–H and O–H groups in total. The molecule has 1 aromatic rings. The summed E-state index contributed by atoms with van der Waals surface area (Å²) in [4.78, 5) is 22.8. The van der Waals surface area contributed by atoms with Gasteiger partial charge in [0, 0.05) is 7.11 Å². The number of aliphatic carboxylic acids is 1. The lowest BCUT2D eigenvalue weighted by molar-refractivity contribution is -0.141. The van der Waals surface area contributed by atoms with E-state index in [-0.39, 0.29) is 19.1 Å². The number of amides is 1. The van der Waals surface area contributed by atoms with E-state index in [0.29, 0.717) is 12.8 Å². The molecule has 0 atom stereocenters. The first kappa shape index (κ1) is 15.3. The van der Waals surface area contributed by atoms with Crippen molar-refractivity contribution in [1.29, 1.82) is 0 Å². The van der Waals surface area contributed by atoms with Gasteiger partial charge in [0.15, 0.2) is 0 Å². The quantitative estimate of drug-likeness (QED) is 0.837. The summed E-state index contributed by atoms with van der Waals surface area (Å²) in [7, 11) is 1.57. The molecule has 0 unspecified atom stereocenters. The number of carbonyl (C=O) groups is 2. The van der Waals surface area contributed by atoms with Crippen LogP contribution in [-0.4, -0.2) is 35.9 Å². The highest BCUT2D eigenvalue weighted by atomic mass is 16.5. The Bertz CT molecular complexity index is 496. The van der Waals surface area contributed by atoms with Crippen LogP contribution >= 0.6 is 0 Å². The number of ether oxygens (including phenoxy) is 2.